The van der Waals surface area contributed by atoms with Gasteiger partial charge in [0.25, 0.3) is 5.91 Å². The van der Waals surface area contributed by atoms with Gasteiger partial charge < -0.3 is 15.8 Å². The first kappa shape index (κ1) is 18.9. The molecule has 0 bridgehead atoms. The van der Waals surface area contributed by atoms with Gasteiger partial charge in [0.1, 0.15) is 5.75 Å². The van der Waals surface area contributed by atoms with Gasteiger partial charge in [-0.25, -0.2) is 0 Å². The Bertz CT molecular complexity index is 797. The number of methoxy groups -OCH3 is 1. The normalized spacial score (nSPS) is 15.3. The SMILES string of the molecule is COc1ccccc1CN1CCC(NC(=O)c2ccc(C(N)=O)cc2)CC1. The summed E-state index contributed by atoms with van der Waals surface area (Å²) in [5, 5.41) is 3.08. The first-order valence-corrected chi connectivity index (χ1v) is 9.12. The van der Waals surface area contributed by atoms with Crippen LogP contribution in [0.2, 0.25) is 0 Å². The molecule has 0 saturated carbocycles. The summed E-state index contributed by atoms with van der Waals surface area (Å²) >= 11 is 0. The molecule has 0 spiro atoms. The van der Waals surface area contributed by atoms with Crippen molar-refractivity contribution >= 4 is 11.8 Å². The van der Waals surface area contributed by atoms with Crippen molar-refractivity contribution in [2.75, 3.05) is 20.2 Å². The lowest BCUT2D eigenvalue weighted by molar-refractivity contribution is 0.0907. The smallest absolute Gasteiger partial charge is 0.251 e. The number of primary amides is 1. The van der Waals surface area contributed by atoms with Crippen LogP contribution in [0.15, 0.2) is 48.5 Å². The number of nitrogens with zero attached hydrogens (tertiary/aromatic N) is 1. The van der Waals surface area contributed by atoms with E-state index in [0.29, 0.717) is 11.1 Å². The Morgan fingerprint density at radius 2 is 1.70 bits per heavy atom. The maximum atomic E-state index is 12.4. The zero-order valence-corrected chi connectivity index (χ0v) is 15.5. The summed E-state index contributed by atoms with van der Waals surface area (Å²) in [4.78, 5) is 25.9. The third kappa shape index (κ3) is 4.86. The average molecular weight is 367 g/mol. The molecule has 6 nitrogen and oxygen atoms in total. The van der Waals surface area contributed by atoms with Crippen LogP contribution in [0.3, 0.4) is 0 Å². The molecule has 0 unspecified atom stereocenters. The molecule has 142 valence electrons. The van der Waals surface area contributed by atoms with Gasteiger partial charge >= 0.3 is 0 Å². The summed E-state index contributed by atoms with van der Waals surface area (Å²) in [6, 6.07) is 14.6. The van der Waals surface area contributed by atoms with E-state index in [2.05, 4.69) is 16.3 Å². The van der Waals surface area contributed by atoms with Crippen LogP contribution in [0.1, 0.15) is 39.1 Å². The van der Waals surface area contributed by atoms with Gasteiger partial charge in [0.15, 0.2) is 0 Å². The number of rotatable bonds is 6. The number of piperidine rings is 1. The van der Waals surface area contributed by atoms with Gasteiger partial charge in [0.05, 0.1) is 7.11 Å². The lowest BCUT2D eigenvalue weighted by Crippen LogP contribution is -2.44. The van der Waals surface area contributed by atoms with Crippen molar-refractivity contribution in [1.82, 2.24) is 10.2 Å². The zero-order chi connectivity index (χ0) is 19.2. The lowest BCUT2D eigenvalue weighted by Gasteiger charge is -2.32. The second kappa shape index (κ2) is 8.68. The van der Waals surface area contributed by atoms with Crippen LogP contribution in [0, 0.1) is 0 Å². The molecule has 3 N–H and O–H groups in total. The molecule has 0 radical (unpaired) electrons. The van der Waals surface area contributed by atoms with E-state index >= 15 is 0 Å². The van der Waals surface area contributed by atoms with E-state index in [1.807, 2.05) is 18.2 Å². The first-order chi connectivity index (χ1) is 13.1. The Morgan fingerprint density at radius 1 is 1.07 bits per heavy atom. The number of hydrogen-bond acceptors (Lipinski definition) is 4. The number of amides is 2. The number of nitrogens with one attached hydrogen (secondary N) is 1. The van der Waals surface area contributed by atoms with E-state index in [1.54, 1.807) is 31.4 Å². The van der Waals surface area contributed by atoms with E-state index in [-0.39, 0.29) is 11.9 Å². The van der Waals surface area contributed by atoms with Gasteiger partial charge in [-0.3, -0.25) is 14.5 Å². The number of hydrogen-bond donors (Lipinski definition) is 2. The molecule has 0 aromatic heterocycles. The largest absolute Gasteiger partial charge is 0.496 e. The molecule has 6 heteroatoms. The summed E-state index contributed by atoms with van der Waals surface area (Å²) in [7, 11) is 1.69. The maximum Gasteiger partial charge on any atom is 0.251 e. The Kier molecular flexibility index (Phi) is 6.08. The topological polar surface area (TPSA) is 84.7 Å². The predicted molar refractivity (Wildman–Crippen MR) is 104 cm³/mol. The molecule has 1 aliphatic rings. The fourth-order valence-electron chi connectivity index (χ4n) is 3.36. The number of carbonyl (C=O) groups excluding carboxylic acids is 2. The number of likely N-dealkylation sites (tertiary alicyclic amines) is 1. The number of nitrogens with two attached hydrogens (primary N) is 1. The fraction of sp³-hybridized carbons (Fsp3) is 0.333. The molecule has 0 atom stereocenters. The summed E-state index contributed by atoms with van der Waals surface area (Å²) in [5.74, 6) is 0.297. The van der Waals surface area contributed by atoms with Crippen LogP contribution < -0.4 is 15.8 Å². The van der Waals surface area contributed by atoms with Crippen LogP contribution in [0.4, 0.5) is 0 Å². The van der Waals surface area contributed by atoms with Crippen molar-refractivity contribution in [3.05, 3.63) is 65.2 Å². The standard InChI is InChI=1S/C21H25N3O3/c1-27-19-5-3-2-4-17(19)14-24-12-10-18(11-13-24)23-21(26)16-8-6-15(7-9-16)20(22)25/h2-9,18H,10-14H2,1H3,(H2,22,25)(H,23,26). The molecular formula is C21H25N3O3. The highest BCUT2D eigenvalue weighted by Crippen LogP contribution is 2.21. The second-order valence-corrected chi connectivity index (χ2v) is 6.78. The molecule has 1 fully saturated rings. The fourth-order valence-corrected chi connectivity index (χ4v) is 3.36. The number of ether oxygens (including phenoxy) is 1. The van der Waals surface area contributed by atoms with Gasteiger partial charge in [-0.1, -0.05) is 18.2 Å². The molecule has 3 rings (SSSR count). The summed E-state index contributed by atoms with van der Waals surface area (Å²) in [6.45, 7) is 2.69. The molecule has 2 amide bonds. The van der Waals surface area contributed by atoms with Gasteiger partial charge in [0, 0.05) is 42.4 Å². The molecular weight excluding hydrogens is 342 g/mol. The summed E-state index contributed by atoms with van der Waals surface area (Å²) < 4.78 is 5.42. The highest BCUT2D eigenvalue weighted by molar-refractivity contribution is 5.97. The van der Waals surface area contributed by atoms with Crippen molar-refractivity contribution in [3.8, 4) is 5.75 Å². The third-order valence-corrected chi connectivity index (χ3v) is 4.94. The summed E-state index contributed by atoms with van der Waals surface area (Å²) in [5.41, 5.74) is 7.34. The molecule has 27 heavy (non-hydrogen) atoms. The minimum Gasteiger partial charge on any atom is -0.496 e. The molecule has 2 aromatic rings. The summed E-state index contributed by atoms with van der Waals surface area (Å²) in [6.07, 6.45) is 1.81. The van der Waals surface area contributed by atoms with Crippen LogP contribution >= 0.6 is 0 Å². The van der Waals surface area contributed by atoms with Crippen LogP contribution in [-0.2, 0) is 6.54 Å². The molecule has 0 aliphatic carbocycles. The minimum atomic E-state index is -0.496. The van der Waals surface area contributed by atoms with Crippen molar-refractivity contribution in [2.45, 2.75) is 25.4 Å². The molecule has 1 aliphatic heterocycles. The van der Waals surface area contributed by atoms with Crippen LogP contribution in [0.25, 0.3) is 0 Å². The number of carbonyl (C=O) groups is 2. The van der Waals surface area contributed by atoms with Crippen LogP contribution in [0.5, 0.6) is 5.75 Å². The van der Waals surface area contributed by atoms with Gasteiger partial charge in [0.2, 0.25) is 5.91 Å². The first-order valence-electron chi connectivity index (χ1n) is 9.12. The number of benzene rings is 2. The van der Waals surface area contributed by atoms with Gasteiger partial charge in [-0.15, -0.1) is 0 Å². The van der Waals surface area contributed by atoms with E-state index in [0.717, 1.165) is 38.2 Å². The van der Waals surface area contributed by atoms with E-state index in [4.69, 9.17) is 10.5 Å². The minimum absolute atomic E-state index is 0.116. The Balaban J connectivity index is 1.50. The maximum absolute atomic E-state index is 12.4. The van der Waals surface area contributed by atoms with Crippen molar-refractivity contribution < 1.29 is 14.3 Å². The van der Waals surface area contributed by atoms with Crippen molar-refractivity contribution in [2.24, 2.45) is 5.73 Å². The predicted octanol–water partition coefficient (Wildman–Crippen LogP) is 2.19. The van der Waals surface area contributed by atoms with E-state index < -0.39 is 5.91 Å². The quantitative estimate of drug-likeness (QED) is 0.820. The van der Waals surface area contributed by atoms with E-state index in [9.17, 15) is 9.59 Å². The van der Waals surface area contributed by atoms with E-state index in [1.165, 1.54) is 5.56 Å². The highest BCUT2D eigenvalue weighted by atomic mass is 16.5. The Morgan fingerprint density at radius 3 is 2.33 bits per heavy atom. The van der Waals surface area contributed by atoms with Crippen molar-refractivity contribution in [1.29, 1.82) is 0 Å². The molecule has 2 aromatic carbocycles. The third-order valence-electron chi connectivity index (χ3n) is 4.94. The Labute approximate surface area is 159 Å². The highest BCUT2D eigenvalue weighted by Gasteiger charge is 2.22. The average Bonchev–Trinajstić information content (AvgIpc) is 2.70. The lowest BCUT2D eigenvalue weighted by atomic mass is 10.0. The number of para-hydroxylation sites is 1. The second-order valence-electron chi connectivity index (χ2n) is 6.78. The molecule has 1 saturated heterocycles. The van der Waals surface area contributed by atoms with Crippen LogP contribution in [-0.4, -0.2) is 43.0 Å². The van der Waals surface area contributed by atoms with Gasteiger partial charge in [-0.05, 0) is 43.2 Å². The van der Waals surface area contributed by atoms with Crippen molar-refractivity contribution in [3.63, 3.8) is 0 Å². The molecule has 1 heterocycles. The van der Waals surface area contributed by atoms with Gasteiger partial charge in [-0.2, -0.15) is 0 Å². The Hall–Kier alpha value is -2.86. The zero-order valence-electron chi connectivity index (χ0n) is 15.5. The monoisotopic (exact) mass is 367 g/mol.